The number of aromatic amines is 1. The van der Waals surface area contributed by atoms with Gasteiger partial charge in [0.2, 0.25) is 0 Å². The van der Waals surface area contributed by atoms with E-state index in [-0.39, 0.29) is 17.6 Å². The van der Waals surface area contributed by atoms with Crippen LogP contribution in [0.25, 0.3) is 6.08 Å². The zero-order chi connectivity index (χ0) is 19.7. The van der Waals surface area contributed by atoms with Gasteiger partial charge in [0, 0.05) is 28.8 Å². The van der Waals surface area contributed by atoms with Gasteiger partial charge in [-0.05, 0) is 57.5 Å². The van der Waals surface area contributed by atoms with Crippen molar-refractivity contribution in [2.45, 2.75) is 40.2 Å². The quantitative estimate of drug-likeness (QED) is 0.595. The first-order chi connectivity index (χ1) is 12.8. The van der Waals surface area contributed by atoms with Crippen molar-refractivity contribution in [3.05, 3.63) is 51.9 Å². The van der Waals surface area contributed by atoms with Gasteiger partial charge in [-0.2, -0.15) is 0 Å². The summed E-state index contributed by atoms with van der Waals surface area (Å²) in [5.41, 5.74) is 3.24. The van der Waals surface area contributed by atoms with Crippen LogP contribution in [-0.2, 0) is 6.42 Å². The highest BCUT2D eigenvalue weighted by molar-refractivity contribution is 6.10. The number of benzene rings is 1. The fourth-order valence-corrected chi connectivity index (χ4v) is 3.45. The van der Waals surface area contributed by atoms with E-state index in [1.165, 1.54) is 6.08 Å². The maximum absolute atomic E-state index is 12.7. The van der Waals surface area contributed by atoms with Gasteiger partial charge in [-0.1, -0.05) is 0 Å². The number of aromatic carboxylic acids is 1. The lowest BCUT2D eigenvalue weighted by Crippen LogP contribution is -2.05. The summed E-state index contributed by atoms with van der Waals surface area (Å²) in [7, 11) is 0. The van der Waals surface area contributed by atoms with Gasteiger partial charge in [-0.15, -0.1) is 0 Å². The van der Waals surface area contributed by atoms with Gasteiger partial charge < -0.3 is 19.6 Å². The van der Waals surface area contributed by atoms with Gasteiger partial charge in [0.15, 0.2) is 5.78 Å². The fraction of sp³-hybridized carbons (Fsp3) is 0.333. The van der Waals surface area contributed by atoms with E-state index in [9.17, 15) is 14.7 Å². The van der Waals surface area contributed by atoms with Crippen LogP contribution in [0.4, 0.5) is 0 Å². The maximum Gasteiger partial charge on any atom is 0.352 e. The van der Waals surface area contributed by atoms with Crippen LogP contribution < -0.4 is 9.47 Å². The minimum atomic E-state index is -1.08. The van der Waals surface area contributed by atoms with E-state index in [1.807, 2.05) is 26.0 Å². The molecule has 142 valence electrons. The number of hydrogen-bond donors (Lipinski definition) is 2. The molecule has 1 atom stereocenters. The summed E-state index contributed by atoms with van der Waals surface area (Å²) in [6.07, 6.45) is 4.08. The number of aromatic nitrogens is 1. The van der Waals surface area contributed by atoms with Crippen molar-refractivity contribution in [3.63, 3.8) is 0 Å². The molecule has 1 aromatic heterocycles. The standard InChI is InChI=1S/C21H23NO5/c1-5-26-17-10-15-8-11(2)27-18(15)9-14(17)6-7-16(23)19-12(3)20(21(24)25)22-13(19)4/h6-7,9-11,22H,5,8H2,1-4H3,(H,24,25)/b7-6+/t11-/m0/s1. The van der Waals surface area contributed by atoms with Gasteiger partial charge in [-0.25, -0.2) is 4.79 Å². The molecular weight excluding hydrogens is 346 g/mol. The Bertz CT molecular complexity index is 939. The van der Waals surface area contributed by atoms with Crippen LogP contribution in [0.15, 0.2) is 18.2 Å². The minimum absolute atomic E-state index is 0.0409. The molecule has 6 heteroatoms. The first-order valence-electron chi connectivity index (χ1n) is 8.93. The Morgan fingerprint density at radius 3 is 2.74 bits per heavy atom. The summed E-state index contributed by atoms with van der Waals surface area (Å²) in [5.74, 6) is 0.167. The average Bonchev–Trinajstić information content (AvgIpc) is 3.10. The third-order valence-electron chi connectivity index (χ3n) is 4.64. The molecule has 2 N–H and O–H groups in total. The molecule has 0 amide bonds. The van der Waals surface area contributed by atoms with Crippen molar-refractivity contribution in [1.82, 2.24) is 4.98 Å². The van der Waals surface area contributed by atoms with Crippen LogP contribution in [0.5, 0.6) is 11.5 Å². The number of ketones is 1. The van der Waals surface area contributed by atoms with E-state index in [4.69, 9.17) is 9.47 Å². The number of carboxylic acids is 1. The van der Waals surface area contributed by atoms with E-state index in [2.05, 4.69) is 4.98 Å². The Hall–Kier alpha value is -3.02. The van der Waals surface area contributed by atoms with Crippen molar-refractivity contribution in [2.24, 2.45) is 0 Å². The Balaban J connectivity index is 1.93. The number of carbonyl (C=O) groups excluding carboxylic acids is 1. The molecule has 27 heavy (non-hydrogen) atoms. The lowest BCUT2D eigenvalue weighted by molar-refractivity contribution is 0.0690. The maximum atomic E-state index is 12.7. The van der Waals surface area contributed by atoms with E-state index in [0.717, 1.165) is 23.3 Å². The van der Waals surface area contributed by atoms with Crippen LogP contribution in [0.3, 0.4) is 0 Å². The van der Waals surface area contributed by atoms with Crippen LogP contribution in [0.2, 0.25) is 0 Å². The molecule has 0 radical (unpaired) electrons. The Morgan fingerprint density at radius 2 is 2.11 bits per heavy atom. The molecule has 0 fully saturated rings. The molecule has 1 aliphatic heterocycles. The summed E-state index contributed by atoms with van der Waals surface area (Å²) in [6.45, 7) is 7.75. The van der Waals surface area contributed by atoms with E-state index < -0.39 is 5.97 Å². The predicted octanol–water partition coefficient (Wildman–Crippen LogP) is 3.95. The normalized spacial score (nSPS) is 15.6. The number of carboxylic acid groups (broad SMARTS) is 1. The summed E-state index contributed by atoms with van der Waals surface area (Å²) < 4.78 is 11.5. The molecule has 6 nitrogen and oxygen atoms in total. The largest absolute Gasteiger partial charge is 0.493 e. The number of fused-ring (bicyclic) bond motifs is 1. The van der Waals surface area contributed by atoms with Crippen LogP contribution in [0, 0.1) is 13.8 Å². The molecule has 0 saturated carbocycles. The fourth-order valence-electron chi connectivity index (χ4n) is 3.45. The van der Waals surface area contributed by atoms with Crippen LogP contribution >= 0.6 is 0 Å². The molecule has 0 unspecified atom stereocenters. The van der Waals surface area contributed by atoms with Gasteiger partial charge in [-0.3, -0.25) is 4.79 Å². The summed E-state index contributed by atoms with van der Waals surface area (Å²) in [5, 5.41) is 9.21. The van der Waals surface area contributed by atoms with Crippen molar-refractivity contribution >= 4 is 17.8 Å². The van der Waals surface area contributed by atoms with Crippen molar-refractivity contribution < 1.29 is 24.2 Å². The molecule has 1 aromatic carbocycles. The lowest BCUT2D eigenvalue weighted by Gasteiger charge is -2.10. The molecule has 0 saturated heterocycles. The number of aryl methyl sites for hydroxylation is 1. The van der Waals surface area contributed by atoms with Crippen LogP contribution in [-0.4, -0.2) is 34.6 Å². The molecule has 0 bridgehead atoms. The number of nitrogens with one attached hydrogen (secondary N) is 1. The van der Waals surface area contributed by atoms with Crippen molar-refractivity contribution in [2.75, 3.05) is 6.61 Å². The third-order valence-corrected chi connectivity index (χ3v) is 4.64. The molecule has 2 aromatic rings. The van der Waals surface area contributed by atoms with Gasteiger partial charge in [0.25, 0.3) is 0 Å². The number of hydrogen-bond acceptors (Lipinski definition) is 4. The number of rotatable bonds is 6. The molecule has 2 heterocycles. The topological polar surface area (TPSA) is 88.6 Å². The van der Waals surface area contributed by atoms with Gasteiger partial charge >= 0.3 is 5.97 Å². The number of allylic oxidation sites excluding steroid dienone is 1. The van der Waals surface area contributed by atoms with Crippen LogP contribution in [0.1, 0.15) is 57.1 Å². The number of H-pyrrole nitrogens is 1. The third kappa shape index (κ3) is 3.60. The SMILES string of the molecule is CCOc1cc2c(cc1/C=C/C(=O)c1c(C)[nH]c(C(=O)O)c1C)O[C@@H](C)C2. The van der Waals surface area contributed by atoms with Gasteiger partial charge in [0.1, 0.15) is 23.3 Å². The highest BCUT2D eigenvalue weighted by Gasteiger charge is 2.22. The molecule has 0 aliphatic carbocycles. The first kappa shape index (κ1) is 18.8. The molecule has 0 spiro atoms. The predicted molar refractivity (Wildman–Crippen MR) is 102 cm³/mol. The second kappa shape index (κ2) is 7.31. The van der Waals surface area contributed by atoms with Gasteiger partial charge in [0.05, 0.1) is 6.61 Å². The average molecular weight is 369 g/mol. The first-order valence-corrected chi connectivity index (χ1v) is 8.93. The second-order valence-corrected chi connectivity index (χ2v) is 6.69. The highest BCUT2D eigenvalue weighted by Crippen LogP contribution is 2.35. The molecular formula is C21H23NO5. The zero-order valence-electron chi connectivity index (χ0n) is 15.9. The highest BCUT2D eigenvalue weighted by atomic mass is 16.5. The molecule has 3 rings (SSSR count). The van der Waals surface area contributed by atoms with Crippen molar-refractivity contribution in [1.29, 1.82) is 0 Å². The number of ether oxygens (including phenoxy) is 2. The zero-order valence-corrected chi connectivity index (χ0v) is 15.9. The van der Waals surface area contributed by atoms with E-state index in [1.54, 1.807) is 19.9 Å². The Labute approximate surface area is 157 Å². The van der Waals surface area contributed by atoms with E-state index in [0.29, 0.717) is 29.2 Å². The second-order valence-electron chi connectivity index (χ2n) is 6.69. The minimum Gasteiger partial charge on any atom is -0.493 e. The van der Waals surface area contributed by atoms with Crippen molar-refractivity contribution in [3.8, 4) is 11.5 Å². The summed E-state index contributed by atoms with van der Waals surface area (Å²) in [6, 6.07) is 3.84. The Morgan fingerprint density at radius 1 is 1.37 bits per heavy atom. The Kier molecular flexibility index (Phi) is 5.08. The monoisotopic (exact) mass is 369 g/mol. The van der Waals surface area contributed by atoms with E-state index >= 15 is 0 Å². The number of carbonyl (C=O) groups is 2. The smallest absolute Gasteiger partial charge is 0.352 e. The summed E-state index contributed by atoms with van der Waals surface area (Å²) in [4.78, 5) is 26.7. The lowest BCUT2D eigenvalue weighted by atomic mass is 10.0. The summed E-state index contributed by atoms with van der Waals surface area (Å²) >= 11 is 0. The molecule has 1 aliphatic rings.